The Labute approximate surface area is 394 Å². The molecule has 0 radical (unpaired) electrons. The summed E-state index contributed by atoms with van der Waals surface area (Å²) in [5, 5.41) is 14.6. The molecule has 69 heavy (non-hydrogen) atoms. The van der Waals surface area contributed by atoms with Crippen LogP contribution in [-0.2, 0) is 54.4 Å². The number of rotatable bonds is 21. The smallest absolute Gasteiger partial charge is 0.276 e. The molecule has 23 heteroatoms. The lowest BCUT2D eigenvalue weighted by Crippen LogP contribution is -2.36. The molecule has 0 bridgehead atoms. The highest BCUT2D eigenvalue weighted by Gasteiger charge is 2.26. The van der Waals surface area contributed by atoms with E-state index in [2.05, 4.69) is 25.8 Å². The summed E-state index contributed by atoms with van der Waals surface area (Å²) >= 11 is 0. The first kappa shape index (κ1) is 48.3. The number of imidazole rings is 2. The molecule has 0 saturated carbocycles. The van der Waals surface area contributed by atoms with Crippen LogP contribution in [0.3, 0.4) is 0 Å². The predicted molar refractivity (Wildman–Crippen MR) is 251 cm³/mol. The lowest BCUT2D eigenvalue weighted by molar-refractivity contribution is -0.138. The fourth-order valence-corrected chi connectivity index (χ4v) is 7.73. The molecular formula is C46H52N14O9. The van der Waals surface area contributed by atoms with Gasteiger partial charge in [-0.3, -0.25) is 58.5 Å². The van der Waals surface area contributed by atoms with Crippen LogP contribution in [0.2, 0.25) is 0 Å². The average molecular weight is 945 g/mol. The van der Waals surface area contributed by atoms with Crippen molar-refractivity contribution in [3.8, 4) is 11.5 Å². The predicted octanol–water partition coefficient (Wildman–Crippen LogP) is 2.49. The van der Waals surface area contributed by atoms with Crippen molar-refractivity contribution in [3.05, 3.63) is 94.6 Å². The Morgan fingerprint density at radius 1 is 0.725 bits per heavy atom. The van der Waals surface area contributed by atoms with E-state index in [9.17, 15) is 33.6 Å². The third-order valence-electron chi connectivity index (χ3n) is 11.4. The van der Waals surface area contributed by atoms with E-state index in [0.717, 1.165) is 22.7 Å². The van der Waals surface area contributed by atoms with E-state index in [4.69, 9.17) is 25.9 Å². The Kier molecular flexibility index (Phi) is 14.3. The first-order chi connectivity index (χ1) is 33.0. The summed E-state index contributed by atoms with van der Waals surface area (Å²) in [5.74, 6) is -2.91. The van der Waals surface area contributed by atoms with E-state index in [1.165, 1.54) is 45.6 Å². The number of amides is 7. The molecule has 0 fully saturated rings. The van der Waals surface area contributed by atoms with Crippen molar-refractivity contribution < 1.29 is 43.0 Å². The van der Waals surface area contributed by atoms with Crippen molar-refractivity contribution in [2.75, 3.05) is 44.5 Å². The molecule has 0 unspecified atom stereocenters. The van der Waals surface area contributed by atoms with E-state index in [1.54, 1.807) is 54.6 Å². The molecule has 7 amide bonds. The van der Waals surface area contributed by atoms with Crippen molar-refractivity contribution in [2.45, 2.75) is 52.6 Å². The van der Waals surface area contributed by atoms with Gasteiger partial charge in [0.25, 0.3) is 23.6 Å². The number of benzene rings is 2. The van der Waals surface area contributed by atoms with Crippen molar-refractivity contribution in [1.29, 1.82) is 0 Å². The number of carbonyl (C=O) groups is 7. The summed E-state index contributed by atoms with van der Waals surface area (Å²) in [6.45, 7) is 4.31. The molecule has 2 aromatic carbocycles. The maximum atomic E-state index is 13.8. The topological polar surface area (TPSA) is 292 Å². The van der Waals surface area contributed by atoms with Crippen LogP contribution >= 0.6 is 0 Å². The van der Waals surface area contributed by atoms with Crippen LogP contribution in [-0.4, -0.2) is 124 Å². The molecule has 360 valence electrons. The van der Waals surface area contributed by atoms with Gasteiger partial charge in [0.2, 0.25) is 29.6 Å². The number of nitrogens with two attached hydrogens (primary N) is 2. The number of hydrogen-bond donors (Lipinski definition) is 4. The Balaban J connectivity index is 1.20. The Morgan fingerprint density at radius 3 is 1.65 bits per heavy atom. The summed E-state index contributed by atoms with van der Waals surface area (Å²) in [5.41, 5.74) is 15.1. The standard InChI is InChI=1S/C46H52N14O9/c1-7-28-24-32(56(4)53-28)43(66)51-45-49-30-20-26(41(47)64)22-34(68-6)39(30)59(45)16-9-10-17-60-40-31(50-46(60)52-44(67)33-25-29(8-2)54-57(33)5)21-27(42(48)65)23-35(40)69-19-11-15-55(3)36(61)14-18-58-37(62)12-13-38(58)63/h9-10,12-13,20-25H,7-8,11,14-19H2,1-6H3,(H2,47,64)(H2,48,65)(H,49,51,66)(H,50,52,67)/b10-9+. The number of ether oxygens (including phenoxy) is 2. The van der Waals surface area contributed by atoms with Crippen LogP contribution in [0.1, 0.15) is 79.8 Å². The van der Waals surface area contributed by atoms with Gasteiger partial charge >= 0.3 is 0 Å². The Hall–Kier alpha value is -8.63. The quantitative estimate of drug-likeness (QED) is 0.0459. The van der Waals surface area contributed by atoms with Gasteiger partial charge in [-0.15, -0.1) is 0 Å². The number of aryl methyl sites for hydroxylation is 4. The third-order valence-corrected chi connectivity index (χ3v) is 11.4. The molecule has 0 spiro atoms. The molecule has 6 N–H and O–H groups in total. The number of hydrogen-bond acceptors (Lipinski definition) is 13. The van der Waals surface area contributed by atoms with E-state index in [-0.39, 0.29) is 90.8 Å². The normalized spacial score (nSPS) is 12.5. The number of fused-ring (bicyclic) bond motifs is 2. The number of allylic oxidation sites excluding steroid dienone is 2. The van der Waals surface area contributed by atoms with Gasteiger partial charge in [-0.2, -0.15) is 10.2 Å². The highest BCUT2D eigenvalue weighted by Crippen LogP contribution is 2.33. The highest BCUT2D eigenvalue weighted by molar-refractivity contribution is 6.13. The highest BCUT2D eigenvalue weighted by atomic mass is 16.5. The zero-order valence-electron chi connectivity index (χ0n) is 38.9. The fourth-order valence-electron chi connectivity index (χ4n) is 7.73. The molecule has 23 nitrogen and oxygen atoms in total. The lowest BCUT2D eigenvalue weighted by atomic mass is 10.1. The van der Waals surface area contributed by atoms with Crippen LogP contribution in [0, 0.1) is 0 Å². The monoisotopic (exact) mass is 944 g/mol. The minimum absolute atomic E-state index is 0.0472. The number of nitrogens with one attached hydrogen (secondary N) is 2. The van der Waals surface area contributed by atoms with E-state index >= 15 is 0 Å². The summed E-state index contributed by atoms with van der Waals surface area (Å²) in [6, 6.07) is 9.32. The van der Waals surface area contributed by atoms with Gasteiger partial charge in [0.05, 0.1) is 36.1 Å². The van der Waals surface area contributed by atoms with Crippen LogP contribution in [0.25, 0.3) is 22.1 Å². The number of methoxy groups -OCH3 is 1. The van der Waals surface area contributed by atoms with Gasteiger partial charge in [0.15, 0.2) is 0 Å². The van der Waals surface area contributed by atoms with Gasteiger partial charge in [0.1, 0.15) is 33.9 Å². The number of imide groups is 1. The minimum atomic E-state index is -0.748. The Bertz CT molecular complexity index is 3080. The third kappa shape index (κ3) is 10.4. The first-order valence-electron chi connectivity index (χ1n) is 22.0. The van der Waals surface area contributed by atoms with E-state index < -0.39 is 35.4 Å². The average Bonchev–Trinajstić information content (AvgIpc) is 4.14. The second-order valence-corrected chi connectivity index (χ2v) is 16.0. The molecule has 6 aromatic rings. The van der Waals surface area contributed by atoms with Gasteiger partial charge in [-0.05, 0) is 55.7 Å². The number of nitrogens with zero attached hydrogens (tertiary/aromatic N) is 10. The number of anilines is 2. The maximum Gasteiger partial charge on any atom is 0.276 e. The molecule has 5 heterocycles. The Morgan fingerprint density at radius 2 is 1.20 bits per heavy atom. The molecule has 1 aliphatic rings. The van der Waals surface area contributed by atoms with Crippen molar-refractivity contribution in [2.24, 2.45) is 25.6 Å². The van der Waals surface area contributed by atoms with E-state index in [0.29, 0.717) is 47.2 Å². The largest absolute Gasteiger partial charge is 0.494 e. The number of carbonyl (C=O) groups excluding carboxylic acids is 7. The maximum absolute atomic E-state index is 13.8. The lowest BCUT2D eigenvalue weighted by Gasteiger charge is -2.19. The molecule has 1 aliphatic heterocycles. The fraction of sp³-hybridized carbons (Fsp3) is 0.326. The van der Waals surface area contributed by atoms with Crippen LogP contribution < -0.4 is 31.6 Å². The summed E-state index contributed by atoms with van der Waals surface area (Å²) in [7, 11) is 6.35. The van der Waals surface area contributed by atoms with Crippen molar-refractivity contribution in [3.63, 3.8) is 0 Å². The van der Waals surface area contributed by atoms with Gasteiger partial charge < -0.3 is 35.0 Å². The van der Waals surface area contributed by atoms with Gasteiger partial charge in [0, 0.05) is 77.0 Å². The zero-order valence-corrected chi connectivity index (χ0v) is 38.9. The SMILES string of the molecule is CCc1cc(C(=O)Nc2nc3cc(C(N)=O)cc(OC)c3n2C/C=C/Cn2c(NC(=O)c3cc(CC)nn3C)nc3cc(C(N)=O)cc(OCCCN(C)C(=O)CCN4C(=O)C=CC4=O)c32)n(C)n1. The van der Waals surface area contributed by atoms with Crippen LogP contribution in [0.15, 0.2) is 60.7 Å². The molecule has 0 aliphatic carbocycles. The molecule has 0 atom stereocenters. The van der Waals surface area contributed by atoms with E-state index in [1.807, 2.05) is 13.8 Å². The second-order valence-electron chi connectivity index (χ2n) is 16.0. The molecule has 4 aromatic heterocycles. The summed E-state index contributed by atoms with van der Waals surface area (Å²) in [6.07, 6.45) is 7.41. The second kappa shape index (κ2) is 20.5. The molecular weight excluding hydrogens is 893 g/mol. The molecule has 0 saturated heterocycles. The van der Waals surface area contributed by atoms with Crippen LogP contribution in [0.5, 0.6) is 11.5 Å². The van der Waals surface area contributed by atoms with Crippen molar-refractivity contribution >= 4 is 75.3 Å². The molecule has 7 rings (SSSR count). The number of primary amides is 2. The van der Waals surface area contributed by atoms with Crippen molar-refractivity contribution in [1.82, 2.24) is 48.5 Å². The summed E-state index contributed by atoms with van der Waals surface area (Å²) < 4.78 is 18.3. The summed E-state index contributed by atoms with van der Waals surface area (Å²) in [4.78, 5) is 101. The van der Waals surface area contributed by atoms with Gasteiger partial charge in [-0.25, -0.2) is 9.97 Å². The first-order valence-corrected chi connectivity index (χ1v) is 22.0. The minimum Gasteiger partial charge on any atom is -0.494 e. The van der Waals surface area contributed by atoms with Gasteiger partial charge in [-0.1, -0.05) is 26.0 Å². The van der Waals surface area contributed by atoms with Crippen LogP contribution in [0.4, 0.5) is 11.9 Å². The zero-order chi connectivity index (χ0) is 49.7. The number of aromatic nitrogens is 8.